The fourth-order valence-corrected chi connectivity index (χ4v) is 4.62. The zero-order chi connectivity index (χ0) is 19.4. The van der Waals surface area contributed by atoms with E-state index < -0.39 is 11.9 Å². The van der Waals surface area contributed by atoms with E-state index in [4.69, 9.17) is 16.3 Å². The molecule has 2 bridgehead atoms. The molecule has 1 aromatic rings. The van der Waals surface area contributed by atoms with Gasteiger partial charge in [-0.1, -0.05) is 30.2 Å². The molecule has 1 aromatic carbocycles. The molecule has 0 aliphatic heterocycles. The quantitative estimate of drug-likeness (QED) is 0.698. The molecule has 3 rings (SSSR count). The van der Waals surface area contributed by atoms with Gasteiger partial charge in [0.05, 0.1) is 10.6 Å². The smallest absolute Gasteiger partial charge is 0.325 e. The molecule has 0 heterocycles. The maximum atomic E-state index is 12.0. The number of ether oxygens (including phenoxy) is 1. The highest BCUT2D eigenvalue weighted by Gasteiger charge is 2.42. The molecule has 146 valence electrons. The summed E-state index contributed by atoms with van der Waals surface area (Å²) >= 11 is 5.93. The summed E-state index contributed by atoms with van der Waals surface area (Å²) in [5, 5.41) is 5.68. The first-order valence-electron chi connectivity index (χ1n) is 9.41. The third-order valence-electron chi connectivity index (χ3n) is 5.70. The minimum absolute atomic E-state index is 0.0893. The van der Waals surface area contributed by atoms with Gasteiger partial charge in [0.1, 0.15) is 6.54 Å². The van der Waals surface area contributed by atoms with E-state index in [1.165, 1.54) is 25.7 Å². The average molecular weight is 393 g/mol. The highest BCUT2D eigenvalue weighted by atomic mass is 35.5. The lowest BCUT2D eigenvalue weighted by molar-refractivity contribution is -0.147. The maximum absolute atomic E-state index is 12.0. The average Bonchev–Trinajstić information content (AvgIpc) is 3.28. The SMILES string of the molecule is C[C@@H](NC(=O)COC(=O)CNC(=O)c1ccccc1Cl)[C@H]1C[C@H]2CC[C@H]1C2. The Morgan fingerprint density at radius 3 is 2.67 bits per heavy atom. The highest BCUT2D eigenvalue weighted by Crippen LogP contribution is 2.49. The van der Waals surface area contributed by atoms with Gasteiger partial charge in [-0.3, -0.25) is 14.4 Å². The third kappa shape index (κ3) is 5.01. The fourth-order valence-electron chi connectivity index (χ4n) is 4.40. The lowest BCUT2D eigenvalue weighted by Gasteiger charge is -2.28. The van der Waals surface area contributed by atoms with Crippen LogP contribution in [0.3, 0.4) is 0 Å². The maximum Gasteiger partial charge on any atom is 0.325 e. The monoisotopic (exact) mass is 392 g/mol. The Bertz CT molecular complexity index is 724. The van der Waals surface area contributed by atoms with Gasteiger partial charge in [-0.05, 0) is 56.1 Å². The third-order valence-corrected chi connectivity index (χ3v) is 6.03. The van der Waals surface area contributed by atoms with E-state index in [-0.39, 0.29) is 30.7 Å². The Balaban J connectivity index is 1.35. The molecule has 2 N–H and O–H groups in total. The Labute approximate surface area is 164 Å². The van der Waals surface area contributed by atoms with E-state index >= 15 is 0 Å². The first kappa shape index (κ1) is 19.7. The van der Waals surface area contributed by atoms with Crippen molar-refractivity contribution in [3.05, 3.63) is 34.9 Å². The molecule has 2 fully saturated rings. The molecule has 0 unspecified atom stereocenters. The van der Waals surface area contributed by atoms with Crippen molar-refractivity contribution >= 4 is 29.4 Å². The van der Waals surface area contributed by atoms with E-state index in [2.05, 4.69) is 10.6 Å². The molecule has 7 heteroatoms. The molecule has 0 radical (unpaired) electrons. The molecular formula is C20H25ClN2O4. The summed E-state index contributed by atoms with van der Waals surface area (Å²) in [6.45, 7) is 1.36. The van der Waals surface area contributed by atoms with E-state index in [1.54, 1.807) is 24.3 Å². The van der Waals surface area contributed by atoms with Crippen LogP contribution in [0.4, 0.5) is 0 Å². The molecule has 2 aliphatic rings. The number of fused-ring (bicyclic) bond motifs is 2. The van der Waals surface area contributed by atoms with Gasteiger partial charge in [-0.25, -0.2) is 0 Å². The molecule has 2 saturated carbocycles. The van der Waals surface area contributed by atoms with Crippen LogP contribution in [0.2, 0.25) is 5.02 Å². The Hall–Kier alpha value is -2.08. The number of nitrogens with one attached hydrogen (secondary N) is 2. The van der Waals surface area contributed by atoms with Crippen LogP contribution in [-0.2, 0) is 14.3 Å². The van der Waals surface area contributed by atoms with Crippen LogP contribution in [-0.4, -0.2) is 37.0 Å². The molecule has 0 saturated heterocycles. The second kappa shape index (κ2) is 8.74. The first-order chi connectivity index (χ1) is 12.9. The molecule has 4 atom stereocenters. The number of carbonyl (C=O) groups is 3. The van der Waals surface area contributed by atoms with E-state index in [1.807, 2.05) is 6.92 Å². The molecule has 2 aliphatic carbocycles. The number of carbonyl (C=O) groups excluding carboxylic acids is 3. The van der Waals surface area contributed by atoms with Crippen molar-refractivity contribution in [1.82, 2.24) is 10.6 Å². The second-order valence-corrected chi connectivity index (χ2v) is 7.93. The molecule has 27 heavy (non-hydrogen) atoms. The second-order valence-electron chi connectivity index (χ2n) is 7.52. The van der Waals surface area contributed by atoms with Gasteiger partial charge in [-0.2, -0.15) is 0 Å². The van der Waals surface area contributed by atoms with Crippen LogP contribution in [0.5, 0.6) is 0 Å². The van der Waals surface area contributed by atoms with Gasteiger partial charge in [-0.15, -0.1) is 0 Å². The van der Waals surface area contributed by atoms with Crippen molar-refractivity contribution < 1.29 is 19.1 Å². The topological polar surface area (TPSA) is 84.5 Å². The molecule has 0 aromatic heterocycles. The van der Waals surface area contributed by atoms with E-state index in [0.29, 0.717) is 16.9 Å². The van der Waals surface area contributed by atoms with Gasteiger partial charge in [0.2, 0.25) is 0 Å². The van der Waals surface area contributed by atoms with Crippen molar-refractivity contribution in [1.29, 1.82) is 0 Å². The predicted octanol–water partition coefficient (Wildman–Crippen LogP) is 2.55. The van der Waals surface area contributed by atoms with Crippen molar-refractivity contribution in [2.24, 2.45) is 17.8 Å². The van der Waals surface area contributed by atoms with Crippen molar-refractivity contribution in [2.75, 3.05) is 13.2 Å². The number of esters is 1. The standard InChI is InChI=1S/C20H25ClN2O4/c1-12(16-9-13-6-7-14(16)8-13)23-18(24)11-27-19(25)10-22-20(26)15-4-2-3-5-17(15)21/h2-5,12-14,16H,6-11H2,1H3,(H,22,26)(H,23,24)/t12-,13+,14+,16-/m1/s1. The van der Waals surface area contributed by atoms with E-state index in [9.17, 15) is 14.4 Å². The van der Waals surface area contributed by atoms with Crippen LogP contribution in [0.15, 0.2) is 24.3 Å². The van der Waals surface area contributed by atoms with Crippen LogP contribution >= 0.6 is 11.6 Å². The molecule has 0 spiro atoms. The number of hydrogen-bond donors (Lipinski definition) is 2. The summed E-state index contributed by atoms with van der Waals surface area (Å²) in [7, 11) is 0. The normalized spacial score (nSPS) is 24.3. The van der Waals surface area contributed by atoms with Crippen LogP contribution in [0.25, 0.3) is 0 Å². The molecule has 2 amide bonds. The highest BCUT2D eigenvalue weighted by molar-refractivity contribution is 6.33. The van der Waals surface area contributed by atoms with Crippen molar-refractivity contribution in [3.63, 3.8) is 0 Å². The lowest BCUT2D eigenvalue weighted by Crippen LogP contribution is -2.42. The van der Waals surface area contributed by atoms with Crippen molar-refractivity contribution in [2.45, 2.75) is 38.6 Å². The summed E-state index contributed by atoms with van der Waals surface area (Å²) in [6, 6.07) is 6.64. The summed E-state index contributed by atoms with van der Waals surface area (Å²) in [6.07, 6.45) is 5.04. The van der Waals surface area contributed by atoms with E-state index in [0.717, 1.165) is 5.92 Å². The van der Waals surface area contributed by atoms with Crippen LogP contribution in [0.1, 0.15) is 43.0 Å². The summed E-state index contributed by atoms with van der Waals surface area (Å²) < 4.78 is 4.95. The lowest BCUT2D eigenvalue weighted by atomic mass is 9.84. The largest absolute Gasteiger partial charge is 0.454 e. The summed E-state index contributed by atoms with van der Waals surface area (Å²) in [5.74, 6) is 0.617. The molecular weight excluding hydrogens is 368 g/mol. The summed E-state index contributed by atoms with van der Waals surface area (Å²) in [4.78, 5) is 35.8. The number of benzene rings is 1. The number of rotatable bonds is 7. The van der Waals surface area contributed by atoms with Crippen LogP contribution < -0.4 is 10.6 Å². The summed E-state index contributed by atoms with van der Waals surface area (Å²) in [5.41, 5.74) is 0.282. The number of hydrogen-bond acceptors (Lipinski definition) is 4. The van der Waals surface area contributed by atoms with Crippen molar-refractivity contribution in [3.8, 4) is 0 Å². The van der Waals surface area contributed by atoms with Gasteiger partial charge < -0.3 is 15.4 Å². The van der Waals surface area contributed by atoms with Gasteiger partial charge in [0, 0.05) is 6.04 Å². The predicted molar refractivity (Wildman–Crippen MR) is 101 cm³/mol. The Morgan fingerprint density at radius 2 is 2.00 bits per heavy atom. The fraction of sp³-hybridized carbons (Fsp3) is 0.550. The number of amides is 2. The van der Waals surface area contributed by atoms with Crippen LogP contribution in [0, 0.1) is 17.8 Å². The zero-order valence-corrected chi connectivity index (χ0v) is 16.1. The number of halogens is 1. The van der Waals surface area contributed by atoms with Gasteiger partial charge in [0.25, 0.3) is 11.8 Å². The Morgan fingerprint density at radius 1 is 1.22 bits per heavy atom. The minimum Gasteiger partial charge on any atom is -0.454 e. The first-order valence-corrected chi connectivity index (χ1v) is 9.79. The minimum atomic E-state index is -0.668. The Kier molecular flexibility index (Phi) is 6.37. The van der Waals surface area contributed by atoms with Gasteiger partial charge in [0.15, 0.2) is 6.61 Å². The molecule has 6 nitrogen and oxygen atoms in total. The zero-order valence-electron chi connectivity index (χ0n) is 15.4. The van der Waals surface area contributed by atoms with Gasteiger partial charge >= 0.3 is 5.97 Å².